The second kappa shape index (κ2) is 7.72. The van der Waals surface area contributed by atoms with Gasteiger partial charge in [-0.15, -0.1) is 5.10 Å². The number of carbonyl (C=O) groups is 1. The van der Waals surface area contributed by atoms with Crippen LogP contribution in [0.2, 0.25) is 0 Å². The Labute approximate surface area is 158 Å². The van der Waals surface area contributed by atoms with Gasteiger partial charge in [-0.3, -0.25) is 15.0 Å². The topological polar surface area (TPSA) is 71.3 Å². The summed E-state index contributed by atoms with van der Waals surface area (Å²) in [5.74, 6) is 0.252. The summed E-state index contributed by atoms with van der Waals surface area (Å²) in [6, 6.07) is 18.4. The molecular weight excluding hydrogens is 340 g/mol. The largest absolute Gasteiger partial charge is 0.403 e. The minimum atomic E-state index is -0.141. The molecular formula is C21H22N4O2. The van der Waals surface area contributed by atoms with Crippen molar-refractivity contribution in [3.63, 3.8) is 0 Å². The van der Waals surface area contributed by atoms with Gasteiger partial charge in [-0.05, 0) is 44.0 Å². The van der Waals surface area contributed by atoms with Gasteiger partial charge in [-0.25, -0.2) is 0 Å². The number of nitrogens with zero attached hydrogens (tertiary/aromatic N) is 3. The van der Waals surface area contributed by atoms with Crippen molar-refractivity contribution in [1.82, 2.24) is 15.1 Å². The molecule has 0 aliphatic carbocycles. The average molecular weight is 362 g/mol. The van der Waals surface area contributed by atoms with E-state index in [1.165, 1.54) is 11.1 Å². The van der Waals surface area contributed by atoms with E-state index in [0.29, 0.717) is 12.4 Å². The summed E-state index contributed by atoms with van der Waals surface area (Å²) in [5, 5.41) is 10.6. The summed E-state index contributed by atoms with van der Waals surface area (Å²) < 4.78 is 5.56. The molecule has 1 unspecified atom stereocenters. The van der Waals surface area contributed by atoms with Crippen LogP contribution in [0.3, 0.4) is 0 Å². The fourth-order valence-electron chi connectivity index (χ4n) is 3.50. The van der Waals surface area contributed by atoms with Gasteiger partial charge in [-0.1, -0.05) is 53.1 Å². The first-order chi connectivity index (χ1) is 13.2. The third-order valence-electron chi connectivity index (χ3n) is 4.86. The van der Waals surface area contributed by atoms with E-state index in [4.69, 9.17) is 4.42 Å². The predicted molar refractivity (Wildman–Crippen MR) is 103 cm³/mol. The Hall–Kier alpha value is -2.99. The third kappa shape index (κ3) is 4.06. The summed E-state index contributed by atoms with van der Waals surface area (Å²) in [7, 11) is 0. The molecule has 1 amide bonds. The molecule has 1 aliphatic rings. The molecule has 0 spiro atoms. The lowest BCUT2D eigenvalue weighted by Gasteiger charge is -2.24. The van der Waals surface area contributed by atoms with Crippen molar-refractivity contribution >= 4 is 11.9 Å². The van der Waals surface area contributed by atoms with E-state index in [1.807, 2.05) is 30.3 Å². The van der Waals surface area contributed by atoms with Crippen LogP contribution in [-0.2, 0) is 4.79 Å². The van der Waals surface area contributed by atoms with Crippen molar-refractivity contribution in [2.45, 2.75) is 25.8 Å². The second-order valence-electron chi connectivity index (χ2n) is 6.87. The number of hydrogen-bond acceptors (Lipinski definition) is 5. The highest BCUT2D eigenvalue weighted by atomic mass is 16.4. The number of benzene rings is 2. The number of likely N-dealkylation sites (tertiary alicyclic amines) is 1. The average Bonchev–Trinajstić information content (AvgIpc) is 3.33. The molecule has 1 fully saturated rings. The summed E-state index contributed by atoms with van der Waals surface area (Å²) >= 11 is 0. The first-order valence-corrected chi connectivity index (χ1v) is 9.18. The number of aryl methyl sites for hydroxylation is 1. The van der Waals surface area contributed by atoms with Gasteiger partial charge < -0.3 is 4.42 Å². The number of carbonyl (C=O) groups excluding carboxylic acids is 1. The maximum atomic E-state index is 12.5. The molecule has 6 nitrogen and oxygen atoms in total. The minimum Gasteiger partial charge on any atom is -0.403 e. The molecule has 1 aromatic heterocycles. The molecule has 2 aromatic carbocycles. The van der Waals surface area contributed by atoms with E-state index >= 15 is 0 Å². The van der Waals surface area contributed by atoms with Crippen molar-refractivity contribution in [3.05, 3.63) is 65.7 Å². The third-order valence-corrected chi connectivity index (χ3v) is 4.86. The summed E-state index contributed by atoms with van der Waals surface area (Å²) in [6.45, 7) is 3.30. The van der Waals surface area contributed by atoms with Gasteiger partial charge in [0.05, 0.1) is 6.54 Å². The molecule has 1 atom stereocenters. The van der Waals surface area contributed by atoms with Gasteiger partial charge >= 0.3 is 6.01 Å². The van der Waals surface area contributed by atoms with Crippen LogP contribution in [0.5, 0.6) is 0 Å². The van der Waals surface area contributed by atoms with E-state index in [2.05, 4.69) is 51.6 Å². The highest BCUT2D eigenvalue weighted by Gasteiger charge is 2.27. The Morgan fingerprint density at radius 2 is 1.93 bits per heavy atom. The standard InChI is InChI=1S/C21H22N4O2/c1-15-9-11-16(12-10-15)18-8-5-13-25(18)14-19(26)22-21-24-23-20(27-21)17-6-3-2-4-7-17/h2-4,6-7,9-12,18H,5,8,13-14H2,1H3,(H,22,24,26). The van der Waals surface area contributed by atoms with Gasteiger partial charge in [0.1, 0.15) is 0 Å². The van der Waals surface area contributed by atoms with Crippen molar-refractivity contribution < 1.29 is 9.21 Å². The monoisotopic (exact) mass is 362 g/mol. The Bertz CT molecular complexity index is 905. The predicted octanol–water partition coefficient (Wildman–Crippen LogP) is 3.82. The Balaban J connectivity index is 1.39. The molecule has 4 rings (SSSR count). The van der Waals surface area contributed by atoms with E-state index in [1.54, 1.807) is 0 Å². The lowest BCUT2D eigenvalue weighted by molar-refractivity contribution is -0.117. The molecule has 6 heteroatoms. The normalized spacial score (nSPS) is 17.1. The number of nitrogens with one attached hydrogen (secondary N) is 1. The van der Waals surface area contributed by atoms with Crippen molar-refractivity contribution in [2.75, 3.05) is 18.4 Å². The fraction of sp³-hybridized carbons (Fsp3) is 0.286. The Kier molecular flexibility index (Phi) is 4.98. The van der Waals surface area contributed by atoms with Crippen LogP contribution in [0.1, 0.15) is 30.0 Å². The van der Waals surface area contributed by atoms with Gasteiger partial charge in [0, 0.05) is 11.6 Å². The molecule has 0 saturated carbocycles. The van der Waals surface area contributed by atoms with Crippen LogP contribution in [0.25, 0.3) is 11.5 Å². The van der Waals surface area contributed by atoms with Gasteiger partial charge in [0.25, 0.3) is 0 Å². The molecule has 27 heavy (non-hydrogen) atoms. The van der Waals surface area contributed by atoms with Crippen LogP contribution in [0.15, 0.2) is 59.0 Å². The highest BCUT2D eigenvalue weighted by Crippen LogP contribution is 2.31. The zero-order chi connectivity index (χ0) is 18.6. The smallest absolute Gasteiger partial charge is 0.322 e. The molecule has 0 bridgehead atoms. The quantitative estimate of drug-likeness (QED) is 0.747. The molecule has 2 heterocycles. The maximum Gasteiger partial charge on any atom is 0.322 e. The van der Waals surface area contributed by atoms with Crippen LogP contribution in [-0.4, -0.2) is 34.1 Å². The summed E-state index contributed by atoms with van der Waals surface area (Å²) in [5.41, 5.74) is 3.33. The Morgan fingerprint density at radius 3 is 2.70 bits per heavy atom. The van der Waals surface area contributed by atoms with Crippen LogP contribution < -0.4 is 5.32 Å². The minimum absolute atomic E-state index is 0.130. The zero-order valence-electron chi connectivity index (χ0n) is 15.3. The molecule has 1 saturated heterocycles. The lowest BCUT2D eigenvalue weighted by Crippen LogP contribution is -2.33. The molecule has 3 aromatic rings. The maximum absolute atomic E-state index is 12.5. The first-order valence-electron chi connectivity index (χ1n) is 9.18. The number of anilines is 1. The SMILES string of the molecule is Cc1ccc(C2CCCN2CC(=O)Nc2nnc(-c3ccccc3)o2)cc1. The number of aromatic nitrogens is 2. The van der Waals surface area contributed by atoms with Gasteiger partial charge in [-0.2, -0.15) is 0 Å². The van der Waals surface area contributed by atoms with Crippen LogP contribution in [0, 0.1) is 6.92 Å². The second-order valence-corrected chi connectivity index (χ2v) is 6.87. The van der Waals surface area contributed by atoms with Crippen molar-refractivity contribution in [1.29, 1.82) is 0 Å². The lowest BCUT2D eigenvalue weighted by atomic mass is 10.0. The fourth-order valence-corrected chi connectivity index (χ4v) is 3.50. The molecule has 0 radical (unpaired) electrons. The molecule has 1 N–H and O–H groups in total. The summed E-state index contributed by atoms with van der Waals surface area (Å²) in [6.07, 6.45) is 2.15. The highest BCUT2D eigenvalue weighted by molar-refractivity contribution is 5.90. The van der Waals surface area contributed by atoms with Crippen LogP contribution in [0.4, 0.5) is 6.01 Å². The molecule has 1 aliphatic heterocycles. The number of rotatable bonds is 5. The van der Waals surface area contributed by atoms with Crippen molar-refractivity contribution in [3.8, 4) is 11.5 Å². The number of hydrogen-bond donors (Lipinski definition) is 1. The van der Waals surface area contributed by atoms with Gasteiger partial charge in [0.2, 0.25) is 11.8 Å². The van der Waals surface area contributed by atoms with E-state index in [9.17, 15) is 4.79 Å². The van der Waals surface area contributed by atoms with E-state index in [-0.39, 0.29) is 18.0 Å². The van der Waals surface area contributed by atoms with Crippen LogP contribution >= 0.6 is 0 Å². The Morgan fingerprint density at radius 1 is 1.15 bits per heavy atom. The zero-order valence-corrected chi connectivity index (χ0v) is 15.3. The first kappa shape index (κ1) is 17.4. The van der Waals surface area contributed by atoms with Gasteiger partial charge in [0.15, 0.2) is 0 Å². The van der Waals surface area contributed by atoms with E-state index in [0.717, 1.165) is 24.9 Å². The summed E-state index contributed by atoms with van der Waals surface area (Å²) in [4.78, 5) is 14.7. The van der Waals surface area contributed by atoms with E-state index < -0.39 is 0 Å². The number of amides is 1. The van der Waals surface area contributed by atoms with Crippen molar-refractivity contribution in [2.24, 2.45) is 0 Å². The molecule has 138 valence electrons.